The molecule has 1 saturated heterocycles. The van der Waals surface area contributed by atoms with Gasteiger partial charge in [-0.3, -0.25) is 19.7 Å². The molecule has 4 N–H and O–H groups in total. The molecule has 2 fully saturated rings. The molecule has 2 aliphatic rings. The van der Waals surface area contributed by atoms with E-state index in [-0.39, 0.29) is 24.3 Å². The van der Waals surface area contributed by atoms with E-state index in [1.54, 1.807) is 5.48 Å². The van der Waals surface area contributed by atoms with Crippen molar-refractivity contribution in [2.75, 3.05) is 6.54 Å². The van der Waals surface area contributed by atoms with Gasteiger partial charge in [-0.1, -0.05) is 27.7 Å². The van der Waals surface area contributed by atoms with E-state index in [1.165, 1.54) is 0 Å². The average Bonchev–Trinajstić information content (AvgIpc) is 3.27. The Hall–Kier alpha value is -1.18. The van der Waals surface area contributed by atoms with Crippen molar-refractivity contribution in [1.82, 2.24) is 15.7 Å². The maximum absolute atomic E-state index is 12.7. The summed E-state index contributed by atoms with van der Waals surface area (Å²) >= 11 is 0. The Morgan fingerprint density at radius 1 is 1.24 bits per heavy atom. The lowest BCUT2D eigenvalue weighted by Crippen LogP contribution is -2.54. The van der Waals surface area contributed by atoms with Crippen LogP contribution in [0.1, 0.15) is 59.8 Å². The van der Waals surface area contributed by atoms with E-state index in [1.807, 2.05) is 32.6 Å². The molecule has 0 aromatic rings. The fourth-order valence-corrected chi connectivity index (χ4v) is 4.23. The second-order valence-electron chi connectivity index (χ2n) is 8.51. The molecule has 0 aromatic carbocycles. The van der Waals surface area contributed by atoms with Crippen molar-refractivity contribution < 1.29 is 19.9 Å². The van der Waals surface area contributed by atoms with Crippen LogP contribution in [0.5, 0.6) is 0 Å². The number of aliphatic hydroxyl groups excluding tert-OH is 1. The zero-order chi connectivity index (χ0) is 18.8. The molecule has 0 aromatic heterocycles. The summed E-state index contributed by atoms with van der Waals surface area (Å²) in [6.07, 6.45) is 2.49. The van der Waals surface area contributed by atoms with Crippen LogP contribution in [0, 0.1) is 17.3 Å². The van der Waals surface area contributed by atoms with Crippen molar-refractivity contribution >= 4 is 11.8 Å². The van der Waals surface area contributed by atoms with E-state index in [2.05, 4.69) is 5.32 Å². The Bertz CT molecular complexity index is 493. The summed E-state index contributed by atoms with van der Waals surface area (Å²) in [5.41, 5.74) is 1.04. The Kier molecular flexibility index (Phi) is 6.45. The fraction of sp³-hybridized carbons (Fsp3) is 0.889. The number of hydrogen-bond donors (Lipinski definition) is 4. The molecule has 2 rings (SSSR count). The van der Waals surface area contributed by atoms with E-state index in [4.69, 9.17) is 5.21 Å². The number of amides is 2. The van der Waals surface area contributed by atoms with Gasteiger partial charge < -0.3 is 10.4 Å². The molecule has 3 atom stereocenters. The van der Waals surface area contributed by atoms with Gasteiger partial charge >= 0.3 is 0 Å². The number of hydroxylamine groups is 1. The van der Waals surface area contributed by atoms with Gasteiger partial charge in [0.2, 0.25) is 11.8 Å². The van der Waals surface area contributed by atoms with Crippen molar-refractivity contribution in [3.8, 4) is 0 Å². The van der Waals surface area contributed by atoms with Gasteiger partial charge in [0.05, 0.1) is 6.04 Å². The third-order valence-corrected chi connectivity index (χ3v) is 5.36. The molecule has 0 bridgehead atoms. The first kappa shape index (κ1) is 20.1. The number of likely N-dealkylation sites (tertiary alicyclic amines) is 1. The molecular formula is C18H33N3O4. The Balaban J connectivity index is 2.20. The molecule has 25 heavy (non-hydrogen) atoms. The first-order valence-corrected chi connectivity index (χ1v) is 9.37. The van der Waals surface area contributed by atoms with Gasteiger partial charge in [0.1, 0.15) is 6.23 Å². The molecule has 0 spiro atoms. The monoisotopic (exact) mass is 355 g/mol. The molecule has 2 amide bonds. The van der Waals surface area contributed by atoms with Crippen LogP contribution in [0.15, 0.2) is 0 Å². The summed E-state index contributed by atoms with van der Waals surface area (Å²) in [7, 11) is 0. The van der Waals surface area contributed by atoms with Crippen LogP contribution in [-0.4, -0.2) is 51.9 Å². The molecule has 1 saturated carbocycles. The predicted octanol–water partition coefficient (Wildman–Crippen LogP) is 1.24. The molecule has 1 aliphatic carbocycles. The number of nitrogens with one attached hydrogen (secondary N) is 2. The van der Waals surface area contributed by atoms with E-state index in [9.17, 15) is 14.7 Å². The smallest absolute Gasteiger partial charge is 0.244 e. The van der Waals surface area contributed by atoms with Crippen molar-refractivity contribution in [1.29, 1.82) is 0 Å². The van der Waals surface area contributed by atoms with E-state index in [0.29, 0.717) is 25.3 Å². The lowest BCUT2D eigenvalue weighted by molar-refractivity contribution is -0.142. The van der Waals surface area contributed by atoms with Gasteiger partial charge in [-0.25, -0.2) is 5.48 Å². The van der Waals surface area contributed by atoms with E-state index < -0.39 is 23.6 Å². The highest BCUT2D eigenvalue weighted by Gasteiger charge is 2.51. The fourth-order valence-electron chi connectivity index (χ4n) is 4.23. The molecule has 1 heterocycles. The largest absolute Gasteiger partial charge is 0.378 e. The topological polar surface area (TPSA) is 102 Å². The molecule has 1 unspecified atom stereocenters. The van der Waals surface area contributed by atoms with Gasteiger partial charge in [-0.2, -0.15) is 0 Å². The summed E-state index contributed by atoms with van der Waals surface area (Å²) in [4.78, 5) is 26.4. The maximum Gasteiger partial charge on any atom is 0.244 e. The highest BCUT2D eigenvalue weighted by Crippen LogP contribution is 2.45. The third kappa shape index (κ3) is 4.71. The number of carbonyl (C=O) groups is 2. The molecule has 1 aliphatic heterocycles. The maximum atomic E-state index is 12.7. The quantitative estimate of drug-likeness (QED) is 0.388. The number of carbonyl (C=O) groups excluding carboxylic acids is 2. The molecule has 7 nitrogen and oxygen atoms in total. The van der Waals surface area contributed by atoms with Crippen molar-refractivity contribution in [2.24, 2.45) is 17.3 Å². The number of aliphatic hydroxyl groups is 1. The van der Waals surface area contributed by atoms with E-state index in [0.717, 1.165) is 12.8 Å². The summed E-state index contributed by atoms with van der Waals surface area (Å²) in [5.74, 6) is -0.192. The summed E-state index contributed by atoms with van der Waals surface area (Å²) in [5, 5.41) is 23.1. The summed E-state index contributed by atoms with van der Waals surface area (Å²) < 4.78 is 0. The molecular weight excluding hydrogens is 322 g/mol. The van der Waals surface area contributed by atoms with Gasteiger partial charge in [-0.15, -0.1) is 0 Å². The van der Waals surface area contributed by atoms with Crippen LogP contribution >= 0.6 is 0 Å². The molecule has 0 radical (unpaired) electrons. The van der Waals surface area contributed by atoms with Crippen molar-refractivity contribution in [2.45, 2.75) is 78.1 Å². The first-order valence-electron chi connectivity index (χ1n) is 9.37. The second-order valence-corrected chi connectivity index (χ2v) is 8.51. The molecule has 144 valence electrons. The predicted molar refractivity (Wildman–Crippen MR) is 93.6 cm³/mol. The highest BCUT2D eigenvalue weighted by molar-refractivity contribution is 5.82. The Labute approximate surface area is 150 Å². The molecule has 7 heteroatoms. The van der Waals surface area contributed by atoms with Crippen LogP contribution in [0.2, 0.25) is 0 Å². The van der Waals surface area contributed by atoms with Crippen molar-refractivity contribution in [3.05, 3.63) is 0 Å². The minimum atomic E-state index is -0.885. The van der Waals surface area contributed by atoms with Crippen LogP contribution in [0.4, 0.5) is 0 Å². The van der Waals surface area contributed by atoms with Gasteiger partial charge in [0, 0.05) is 24.4 Å². The van der Waals surface area contributed by atoms with Crippen LogP contribution < -0.4 is 10.8 Å². The van der Waals surface area contributed by atoms with Crippen molar-refractivity contribution in [3.63, 3.8) is 0 Å². The van der Waals surface area contributed by atoms with Gasteiger partial charge in [0.25, 0.3) is 0 Å². The van der Waals surface area contributed by atoms with Gasteiger partial charge in [-0.05, 0) is 37.5 Å². The van der Waals surface area contributed by atoms with Crippen LogP contribution in [0.3, 0.4) is 0 Å². The lowest BCUT2D eigenvalue weighted by atomic mass is 9.75. The zero-order valence-electron chi connectivity index (χ0n) is 15.8. The van der Waals surface area contributed by atoms with E-state index >= 15 is 0 Å². The van der Waals surface area contributed by atoms with Crippen LogP contribution in [0.25, 0.3) is 0 Å². The standard InChI is InChI=1S/C18H33N3O4/c1-11(2)9-18(10-14(22)20-25)7-8-21(17(18)24)15(12(3)4)16(23)19-13-5-6-13/h11-13,15,17,24-25H,5-10H2,1-4H3,(H,19,23)(H,20,22)/t15-,17?,18+/m0/s1. The summed E-state index contributed by atoms with van der Waals surface area (Å²) in [6, 6.07) is -0.143. The second kappa shape index (κ2) is 8.01. The minimum Gasteiger partial charge on any atom is -0.378 e. The lowest BCUT2D eigenvalue weighted by Gasteiger charge is -2.39. The zero-order valence-corrected chi connectivity index (χ0v) is 15.8. The highest BCUT2D eigenvalue weighted by atomic mass is 16.5. The Morgan fingerprint density at radius 3 is 2.36 bits per heavy atom. The van der Waals surface area contributed by atoms with Gasteiger partial charge in [0.15, 0.2) is 0 Å². The first-order chi connectivity index (χ1) is 11.7. The normalized spacial score (nSPS) is 28.4. The minimum absolute atomic E-state index is 0.0384. The number of nitrogens with zero attached hydrogens (tertiary/aromatic N) is 1. The SMILES string of the molecule is CC(C)C[C@@]1(CC(=O)NO)CCN([C@H](C(=O)NC2CC2)C(C)C)C1O. The van der Waals surface area contributed by atoms with Crippen LogP contribution in [-0.2, 0) is 9.59 Å². The Morgan fingerprint density at radius 2 is 1.88 bits per heavy atom. The third-order valence-electron chi connectivity index (χ3n) is 5.36. The average molecular weight is 355 g/mol. The summed E-state index contributed by atoms with van der Waals surface area (Å²) in [6.45, 7) is 8.62. The number of rotatable bonds is 8. The number of hydrogen-bond acceptors (Lipinski definition) is 5.